The zero-order chi connectivity index (χ0) is 13.5. The van der Waals surface area contributed by atoms with Gasteiger partial charge in [0.2, 0.25) is 5.82 Å². The minimum Gasteiger partial charge on any atom is -0.304 e. The maximum atomic E-state index is 12.8. The minimum absolute atomic E-state index is 0.223. The van der Waals surface area contributed by atoms with E-state index < -0.39 is 12.0 Å². The molecule has 1 aliphatic heterocycles. The molecule has 100 valence electrons. The van der Waals surface area contributed by atoms with E-state index in [0.717, 1.165) is 10.1 Å². The van der Waals surface area contributed by atoms with Crippen molar-refractivity contribution in [2.24, 2.45) is 0 Å². The number of hydrogen-bond donors (Lipinski definition) is 1. The van der Waals surface area contributed by atoms with Crippen LogP contribution in [0.15, 0.2) is 30.3 Å². The van der Waals surface area contributed by atoms with E-state index in [9.17, 15) is 13.2 Å². The van der Waals surface area contributed by atoms with Gasteiger partial charge < -0.3 is 9.88 Å². The molecule has 1 unspecified atom stereocenters. The highest BCUT2D eigenvalue weighted by molar-refractivity contribution is 5.26. The molecule has 0 amide bonds. The Morgan fingerprint density at radius 3 is 2.58 bits per heavy atom. The summed E-state index contributed by atoms with van der Waals surface area (Å²) >= 11 is 0. The smallest absolute Gasteiger partial charge is 0.304 e. The van der Waals surface area contributed by atoms with Crippen LogP contribution >= 0.6 is 0 Å². The average molecular weight is 268 g/mol. The zero-order valence-electron chi connectivity index (χ0n) is 9.85. The Kier molecular flexibility index (Phi) is 2.78. The third-order valence-corrected chi connectivity index (χ3v) is 3.11. The molecule has 4 nitrogen and oxygen atoms in total. The largest absolute Gasteiger partial charge is 0.451 e. The lowest BCUT2D eigenvalue weighted by atomic mass is 10.1. The second-order valence-electron chi connectivity index (χ2n) is 4.33. The molecule has 0 fully saturated rings. The summed E-state index contributed by atoms with van der Waals surface area (Å²) in [7, 11) is 0. The van der Waals surface area contributed by atoms with E-state index >= 15 is 0 Å². The van der Waals surface area contributed by atoms with Crippen LogP contribution in [0.1, 0.15) is 23.3 Å². The summed E-state index contributed by atoms with van der Waals surface area (Å²) in [6, 6.07) is 8.91. The van der Waals surface area contributed by atoms with Gasteiger partial charge in [0.1, 0.15) is 0 Å². The van der Waals surface area contributed by atoms with E-state index in [1.54, 1.807) is 0 Å². The van der Waals surface area contributed by atoms with Crippen molar-refractivity contribution in [1.29, 1.82) is 0 Å². The molecular weight excluding hydrogens is 257 g/mol. The van der Waals surface area contributed by atoms with Crippen molar-refractivity contribution < 1.29 is 13.2 Å². The summed E-state index contributed by atoms with van der Waals surface area (Å²) < 4.78 is 39.5. The SMILES string of the molecule is FC(F)(F)c1nnc2n1CCNC2c1ccccc1. The van der Waals surface area contributed by atoms with Crippen LogP contribution < -0.4 is 5.32 Å². The van der Waals surface area contributed by atoms with Gasteiger partial charge >= 0.3 is 6.18 Å². The Bertz CT molecular complexity index is 576. The highest BCUT2D eigenvalue weighted by atomic mass is 19.4. The van der Waals surface area contributed by atoms with Crippen molar-refractivity contribution in [3.63, 3.8) is 0 Å². The van der Waals surface area contributed by atoms with Gasteiger partial charge in [-0.05, 0) is 5.56 Å². The van der Waals surface area contributed by atoms with Crippen LogP contribution in [0.5, 0.6) is 0 Å². The Morgan fingerprint density at radius 2 is 1.89 bits per heavy atom. The monoisotopic (exact) mass is 268 g/mol. The molecule has 1 N–H and O–H groups in total. The Morgan fingerprint density at radius 1 is 1.16 bits per heavy atom. The summed E-state index contributed by atoms with van der Waals surface area (Å²) in [5.74, 6) is -0.616. The molecule has 0 radical (unpaired) electrons. The molecule has 1 atom stereocenters. The van der Waals surface area contributed by atoms with Gasteiger partial charge in [-0.2, -0.15) is 13.2 Å². The number of aromatic nitrogens is 3. The third-order valence-electron chi connectivity index (χ3n) is 3.11. The molecule has 0 aliphatic carbocycles. The molecule has 2 aromatic rings. The molecule has 0 saturated heterocycles. The second-order valence-corrected chi connectivity index (χ2v) is 4.33. The van der Waals surface area contributed by atoms with E-state index in [1.165, 1.54) is 0 Å². The molecule has 7 heteroatoms. The van der Waals surface area contributed by atoms with Gasteiger partial charge in [0.05, 0.1) is 6.04 Å². The van der Waals surface area contributed by atoms with Crippen LogP contribution in [0, 0.1) is 0 Å². The number of hydrogen-bond acceptors (Lipinski definition) is 3. The Hall–Kier alpha value is -1.89. The topological polar surface area (TPSA) is 42.7 Å². The van der Waals surface area contributed by atoms with Gasteiger partial charge in [-0.15, -0.1) is 10.2 Å². The van der Waals surface area contributed by atoms with Crippen LogP contribution in [-0.2, 0) is 12.7 Å². The molecule has 0 saturated carbocycles. The van der Waals surface area contributed by atoms with Crippen molar-refractivity contribution in [2.75, 3.05) is 6.54 Å². The van der Waals surface area contributed by atoms with Gasteiger partial charge in [0, 0.05) is 13.1 Å². The minimum atomic E-state index is -4.47. The number of fused-ring (bicyclic) bond motifs is 1. The lowest BCUT2D eigenvalue weighted by molar-refractivity contribution is -0.147. The van der Waals surface area contributed by atoms with E-state index in [4.69, 9.17) is 0 Å². The van der Waals surface area contributed by atoms with Gasteiger partial charge in [-0.25, -0.2) is 0 Å². The molecule has 19 heavy (non-hydrogen) atoms. The average Bonchev–Trinajstić information content (AvgIpc) is 2.83. The van der Waals surface area contributed by atoms with Crippen molar-refractivity contribution >= 4 is 0 Å². The third kappa shape index (κ3) is 2.10. The summed E-state index contributed by atoms with van der Waals surface area (Å²) in [6.07, 6.45) is -4.47. The fourth-order valence-corrected chi connectivity index (χ4v) is 2.28. The van der Waals surface area contributed by atoms with E-state index in [2.05, 4.69) is 15.5 Å². The van der Waals surface area contributed by atoms with Gasteiger partial charge in [-0.3, -0.25) is 0 Å². The first-order chi connectivity index (χ1) is 9.07. The van der Waals surface area contributed by atoms with Crippen molar-refractivity contribution in [2.45, 2.75) is 18.8 Å². The lowest BCUT2D eigenvalue weighted by Gasteiger charge is -2.25. The summed E-state index contributed by atoms with van der Waals surface area (Å²) in [6.45, 7) is 0.675. The maximum Gasteiger partial charge on any atom is 0.451 e. The number of alkyl halides is 3. The first-order valence-corrected chi connectivity index (χ1v) is 5.86. The molecule has 0 bridgehead atoms. The van der Waals surface area contributed by atoms with E-state index in [-0.39, 0.29) is 12.6 Å². The first-order valence-electron chi connectivity index (χ1n) is 5.86. The summed E-state index contributed by atoms with van der Waals surface area (Å²) in [5.41, 5.74) is 0.879. The van der Waals surface area contributed by atoms with Crippen LogP contribution in [-0.4, -0.2) is 21.3 Å². The Balaban J connectivity index is 2.05. The van der Waals surface area contributed by atoms with Crippen LogP contribution in [0.4, 0.5) is 13.2 Å². The fourth-order valence-electron chi connectivity index (χ4n) is 2.28. The van der Waals surface area contributed by atoms with Crippen LogP contribution in [0.2, 0.25) is 0 Å². The summed E-state index contributed by atoms with van der Waals surface area (Å²) in [5, 5.41) is 10.2. The lowest BCUT2D eigenvalue weighted by Crippen LogP contribution is -2.35. The van der Waals surface area contributed by atoms with Crippen molar-refractivity contribution in [3.8, 4) is 0 Å². The second kappa shape index (κ2) is 4.34. The zero-order valence-corrected chi connectivity index (χ0v) is 9.85. The van der Waals surface area contributed by atoms with E-state index in [0.29, 0.717) is 12.4 Å². The van der Waals surface area contributed by atoms with Gasteiger partial charge in [-0.1, -0.05) is 30.3 Å². The highest BCUT2D eigenvalue weighted by Crippen LogP contribution is 2.31. The molecule has 1 aromatic carbocycles. The normalized spacial score (nSPS) is 19.2. The molecule has 2 heterocycles. The number of rotatable bonds is 1. The highest BCUT2D eigenvalue weighted by Gasteiger charge is 2.40. The quantitative estimate of drug-likeness (QED) is 0.860. The van der Waals surface area contributed by atoms with Gasteiger partial charge in [0.25, 0.3) is 0 Å². The molecule has 3 rings (SSSR count). The molecule has 0 spiro atoms. The number of nitrogens with zero attached hydrogens (tertiary/aromatic N) is 3. The van der Waals surface area contributed by atoms with E-state index in [1.807, 2.05) is 30.3 Å². The van der Waals surface area contributed by atoms with Crippen LogP contribution in [0.3, 0.4) is 0 Å². The molecular formula is C12H11F3N4. The molecule has 1 aliphatic rings. The number of halogens is 3. The maximum absolute atomic E-state index is 12.8. The first kappa shape index (κ1) is 12.2. The molecule has 1 aromatic heterocycles. The van der Waals surface area contributed by atoms with Gasteiger partial charge in [0.15, 0.2) is 5.82 Å². The van der Waals surface area contributed by atoms with Crippen molar-refractivity contribution in [1.82, 2.24) is 20.1 Å². The fraction of sp³-hybridized carbons (Fsp3) is 0.333. The van der Waals surface area contributed by atoms with Crippen LogP contribution in [0.25, 0.3) is 0 Å². The number of benzene rings is 1. The predicted octanol–water partition coefficient (Wildman–Crippen LogP) is 1.99. The standard InChI is InChI=1S/C12H11F3N4/c13-12(14,15)11-18-17-10-9(16-6-7-19(10)11)8-4-2-1-3-5-8/h1-5,9,16H,6-7H2. The summed E-state index contributed by atoms with van der Waals surface area (Å²) in [4.78, 5) is 0. The van der Waals surface area contributed by atoms with Crippen molar-refractivity contribution in [3.05, 3.63) is 47.5 Å². The predicted molar refractivity (Wildman–Crippen MR) is 61.3 cm³/mol. The number of nitrogens with one attached hydrogen (secondary N) is 1. The Labute approximate surface area is 107 Å².